The van der Waals surface area contributed by atoms with Gasteiger partial charge in [0.2, 0.25) is 0 Å². The van der Waals surface area contributed by atoms with Gasteiger partial charge in [-0.3, -0.25) is 15.1 Å². The molecule has 5 nitrogen and oxygen atoms in total. The Morgan fingerprint density at radius 1 is 1.09 bits per heavy atom. The van der Waals surface area contributed by atoms with Crippen molar-refractivity contribution < 1.29 is 4.92 Å². The van der Waals surface area contributed by atoms with Gasteiger partial charge in [-0.15, -0.1) is 0 Å². The third-order valence-electron chi connectivity index (χ3n) is 4.93. The number of pyridine rings is 1. The van der Waals surface area contributed by atoms with Crippen LogP contribution in [0.3, 0.4) is 0 Å². The van der Waals surface area contributed by atoms with E-state index in [0.29, 0.717) is 17.2 Å². The van der Waals surface area contributed by atoms with Crippen molar-refractivity contribution in [2.75, 3.05) is 18.0 Å². The lowest BCUT2D eigenvalue weighted by atomic mass is 9.86. The summed E-state index contributed by atoms with van der Waals surface area (Å²) in [5.74, 6) is 1.41. The van der Waals surface area contributed by atoms with Crippen molar-refractivity contribution in [3.63, 3.8) is 0 Å². The lowest BCUT2D eigenvalue weighted by molar-refractivity contribution is -0.383. The van der Waals surface area contributed by atoms with Gasteiger partial charge in [0.05, 0.1) is 10.3 Å². The minimum Gasteiger partial charge on any atom is -0.370 e. The zero-order chi connectivity index (χ0) is 15.1. The molecule has 2 unspecified atom stereocenters. The third-order valence-corrected chi connectivity index (χ3v) is 4.93. The molecule has 0 N–H and O–H groups in total. The molecule has 0 bridgehead atoms. The molecular formula is C17H17N3O2. The van der Waals surface area contributed by atoms with Gasteiger partial charge in [0.25, 0.3) is 5.69 Å². The Kier molecular flexibility index (Phi) is 3.06. The van der Waals surface area contributed by atoms with Crippen LogP contribution in [-0.4, -0.2) is 23.0 Å². The van der Waals surface area contributed by atoms with Crippen LogP contribution in [0.2, 0.25) is 0 Å². The highest BCUT2D eigenvalue weighted by atomic mass is 16.6. The van der Waals surface area contributed by atoms with E-state index >= 15 is 0 Å². The van der Waals surface area contributed by atoms with Crippen LogP contribution in [0, 0.1) is 22.0 Å². The summed E-state index contributed by atoms with van der Waals surface area (Å²) in [5, 5.41) is 12.8. The van der Waals surface area contributed by atoms with E-state index < -0.39 is 0 Å². The van der Waals surface area contributed by atoms with E-state index in [0.717, 1.165) is 37.0 Å². The normalized spacial score (nSPS) is 23.7. The van der Waals surface area contributed by atoms with E-state index in [9.17, 15) is 10.1 Å². The fourth-order valence-electron chi connectivity index (χ4n) is 3.81. The fourth-order valence-corrected chi connectivity index (χ4v) is 3.81. The number of anilines is 1. The van der Waals surface area contributed by atoms with E-state index in [1.165, 1.54) is 0 Å². The van der Waals surface area contributed by atoms with Crippen LogP contribution in [0.25, 0.3) is 10.8 Å². The largest absolute Gasteiger partial charge is 0.370 e. The van der Waals surface area contributed by atoms with E-state index in [-0.39, 0.29) is 10.6 Å². The quantitative estimate of drug-likeness (QED) is 0.483. The molecule has 0 saturated carbocycles. The molecule has 5 heteroatoms. The molecule has 0 amide bonds. The number of aromatic nitrogens is 1. The molecule has 2 aromatic rings. The Morgan fingerprint density at radius 3 is 2.50 bits per heavy atom. The SMILES string of the molecule is O=[N+]([O-])c1ccc(N2CC3CC=CCC3C2)c2ccncc12. The fraction of sp³-hybridized carbons (Fsp3) is 0.353. The lowest BCUT2D eigenvalue weighted by Crippen LogP contribution is -2.20. The van der Waals surface area contributed by atoms with Crippen molar-refractivity contribution in [2.24, 2.45) is 11.8 Å². The number of non-ortho nitro benzene ring substituents is 1. The molecule has 1 fully saturated rings. The van der Waals surface area contributed by atoms with Crippen molar-refractivity contribution >= 4 is 22.1 Å². The smallest absolute Gasteiger partial charge is 0.278 e. The van der Waals surface area contributed by atoms with E-state index in [1.807, 2.05) is 12.1 Å². The summed E-state index contributed by atoms with van der Waals surface area (Å²) in [4.78, 5) is 17.3. The highest BCUT2D eigenvalue weighted by Crippen LogP contribution is 2.39. The van der Waals surface area contributed by atoms with Gasteiger partial charge in [-0.05, 0) is 36.8 Å². The average Bonchev–Trinajstić information content (AvgIpc) is 2.97. The van der Waals surface area contributed by atoms with Gasteiger partial charge in [-0.25, -0.2) is 0 Å². The Bertz CT molecular complexity index is 756. The average molecular weight is 295 g/mol. The Morgan fingerprint density at radius 2 is 1.82 bits per heavy atom. The molecule has 1 saturated heterocycles. The minimum absolute atomic E-state index is 0.130. The molecule has 1 aliphatic carbocycles. The van der Waals surface area contributed by atoms with Crippen LogP contribution in [0.4, 0.5) is 11.4 Å². The number of nitro benzene ring substituents is 1. The third kappa shape index (κ3) is 2.04. The summed E-state index contributed by atoms with van der Waals surface area (Å²) in [6.45, 7) is 2.06. The van der Waals surface area contributed by atoms with Gasteiger partial charge in [0.15, 0.2) is 0 Å². The van der Waals surface area contributed by atoms with Crippen molar-refractivity contribution in [1.82, 2.24) is 4.98 Å². The van der Waals surface area contributed by atoms with Crippen LogP contribution in [0.15, 0.2) is 42.7 Å². The maximum absolute atomic E-state index is 11.2. The van der Waals surface area contributed by atoms with Gasteiger partial charge < -0.3 is 4.90 Å². The first-order valence-corrected chi connectivity index (χ1v) is 7.65. The predicted octanol–water partition coefficient (Wildman–Crippen LogP) is 3.55. The number of hydrogen-bond acceptors (Lipinski definition) is 4. The number of nitrogens with zero attached hydrogens (tertiary/aromatic N) is 3. The molecule has 1 aromatic heterocycles. The monoisotopic (exact) mass is 295 g/mol. The van der Waals surface area contributed by atoms with E-state index in [2.05, 4.69) is 22.0 Å². The van der Waals surface area contributed by atoms with Crippen molar-refractivity contribution in [3.05, 3.63) is 52.9 Å². The summed E-state index contributed by atoms with van der Waals surface area (Å²) in [5.41, 5.74) is 1.22. The number of benzene rings is 1. The van der Waals surface area contributed by atoms with E-state index in [1.54, 1.807) is 18.5 Å². The first-order valence-electron chi connectivity index (χ1n) is 7.65. The first kappa shape index (κ1) is 13.2. The molecular weight excluding hydrogens is 278 g/mol. The molecule has 2 heterocycles. The number of nitro groups is 1. The van der Waals surface area contributed by atoms with Crippen LogP contribution in [0.1, 0.15) is 12.8 Å². The summed E-state index contributed by atoms with van der Waals surface area (Å²) in [6, 6.07) is 5.39. The van der Waals surface area contributed by atoms with Crippen LogP contribution >= 0.6 is 0 Å². The molecule has 4 rings (SSSR count). The number of fused-ring (bicyclic) bond motifs is 2. The van der Waals surface area contributed by atoms with Crippen LogP contribution < -0.4 is 4.90 Å². The second-order valence-electron chi connectivity index (χ2n) is 6.15. The first-order chi connectivity index (χ1) is 10.7. The Labute approximate surface area is 128 Å². The van der Waals surface area contributed by atoms with Crippen LogP contribution in [0.5, 0.6) is 0 Å². The van der Waals surface area contributed by atoms with Crippen molar-refractivity contribution in [2.45, 2.75) is 12.8 Å². The van der Waals surface area contributed by atoms with Gasteiger partial charge >= 0.3 is 0 Å². The van der Waals surface area contributed by atoms with E-state index in [4.69, 9.17) is 0 Å². The van der Waals surface area contributed by atoms with Gasteiger partial charge in [-0.2, -0.15) is 0 Å². The zero-order valence-corrected chi connectivity index (χ0v) is 12.2. The zero-order valence-electron chi connectivity index (χ0n) is 12.2. The van der Waals surface area contributed by atoms with Gasteiger partial charge in [-0.1, -0.05) is 12.2 Å². The summed E-state index contributed by atoms with van der Waals surface area (Å²) >= 11 is 0. The second kappa shape index (κ2) is 5.09. The standard InChI is InChI=1S/C17H17N3O2/c21-20(22)17-6-5-16(14-7-8-18-9-15(14)17)19-10-12-3-1-2-4-13(12)11-19/h1-2,5-9,12-13H,3-4,10-11H2. The molecule has 0 spiro atoms. The maximum atomic E-state index is 11.2. The number of allylic oxidation sites excluding steroid dienone is 2. The van der Waals surface area contributed by atoms with Crippen molar-refractivity contribution in [3.8, 4) is 0 Å². The topological polar surface area (TPSA) is 59.3 Å². The predicted molar refractivity (Wildman–Crippen MR) is 86.0 cm³/mol. The highest BCUT2D eigenvalue weighted by Gasteiger charge is 2.33. The van der Waals surface area contributed by atoms with Gasteiger partial charge in [0.1, 0.15) is 0 Å². The molecule has 112 valence electrons. The van der Waals surface area contributed by atoms with Gasteiger partial charge in [0, 0.05) is 42.6 Å². The molecule has 2 atom stereocenters. The second-order valence-corrected chi connectivity index (χ2v) is 6.15. The molecule has 1 aliphatic heterocycles. The maximum Gasteiger partial charge on any atom is 0.278 e. The van der Waals surface area contributed by atoms with Crippen molar-refractivity contribution in [1.29, 1.82) is 0 Å². The van der Waals surface area contributed by atoms with Crippen LogP contribution in [-0.2, 0) is 0 Å². The summed E-state index contributed by atoms with van der Waals surface area (Å²) in [6.07, 6.45) is 10.2. The number of hydrogen-bond donors (Lipinski definition) is 0. The highest BCUT2D eigenvalue weighted by molar-refractivity contribution is 5.99. The molecule has 22 heavy (non-hydrogen) atoms. The minimum atomic E-state index is -0.332. The molecule has 1 aromatic carbocycles. The Hall–Kier alpha value is -2.43. The molecule has 0 radical (unpaired) electrons. The Balaban J connectivity index is 1.77. The number of rotatable bonds is 2. The summed E-state index contributed by atoms with van der Waals surface area (Å²) in [7, 11) is 0. The summed E-state index contributed by atoms with van der Waals surface area (Å²) < 4.78 is 0. The molecule has 2 aliphatic rings. The lowest BCUT2D eigenvalue weighted by Gasteiger charge is -2.20.